The van der Waals surface area contributed by atoms with Crippen LogP contribution in [-0.2, 0) is 19.5 Å². The maximum Gasteiger partial charge on any atom is 0.243 e. The quantitative estimate of drug-likeness (QED) is 0.839. The summed E-state index contributed by atoms with van der Waals surface area (Å²) in [5.41, 5.74) is -0.314. The summed E-state index contributed by atoms with van der Waals surface area (Å²) < 4.78 is 51.8. The van der Waals surface area contributed by atoms with Crippen LogP contribution in [-0.4, -0.2) is 52.2 Å². The molecule has 0 aromatic heterocycles. The van der Waals surface area contributed by atoms with Crippen molar-refractivity contribution in [3.8, 4) is 0 Å². The van der Waals surface area contributed by atoms with Crippen LogP contribution in [0.15, 0.2) is 29.2 Å². The molecule has 0 N–H and O–H groups in total. The molecule has 2 saturated heterocycles. The molecule has 128 valence electrons. The molecule has 0 bridgehead atoms. The van der Waals surface area contributed by atoms with Crippen LogP contribution in [0.3, 0.4) is 0 Å². The molecule has 0 unspecified atom stereocenters. The second-order valence-electron chi connectivity index (χ2n) is 6.34. The summed E-state index contributed by atoms with van der Waals surface area (Å²) in [6, 6.07) is 5.17. The zero-order chi connectivity index (χ0) is 16.5. The van der Waals surface area contributed by atoms with E-state index in [1.165, 1.54) is 22.5 Å². The van der Waals surface area contributed by atoms with Crippen molar-refractivity contribution in [2.45, 2.75) is 30.3 Å². The molecular formula is C16H22FNO4S. The van der Waals surface area contributed by atoms with Gasteiger partial charge in [0.05, 0.1) is 17.6 Å². The molecule has 7 heteroatoms. The Bertz CT molecular complexity index is 662. The molecule has 1 aromatic rings. The van der Waals surface area contributed by atoms with Gasteiger partial charge in [-0.25, -0.2) is 12.8 Å². The number of nitrogens with zero attached hydrogens (tertiary/aromatic N) is 1. The van der Waals surface area contributed by atoms with Crippen LogP contribution in [0.25, 0.3) is 0 Å². The van der Waals surface area contributed by atoms with Gasteiger partial charge in [0, 0.05) is 32.2 Å². The van der Waals surface area contributed by atoms with Crippen molar-refractivity contribution >= 4 is 10.0 Å². The Balaban J connectivity index is 1.89. The highest BCUT2D eigenvalue weighted by Gasteiger charge is 2.48. The van der Waals surface area contributed by atoms with Gasteiger partial charge in [0.2, 0.25) is 10.0 Å². The number of piperidine rings is 1. The molecule has 23 heavy (non-hydrogen) atoms. The van der Waals surface area contributed by atoms with E-state index in [0.29, 0.717) is 32.7 Å². The van der Waals surface area contributed by atoms with E-state index in [1.807, 2.05) is 0 Å². The highest BCUT2D eigenvalue weighted by Crippen LogP contribution is 2.41. The van der Waals surface area contributed by atoms with Gasteiger partial charge in [0.1, 0.15) is 5.82 Å². The lowest BCUT2D eigenvalue weighted by atomic mass is 9.73. The second-order valence-corrected chi connectivity index (χ2v) is 8.28. The first-order chi connectivity index (χ1) is 11.0. The fourth-order valence-electron chi connectivity index (χ4n) is 3.73. The monoisotopic (exact) mass is 343 g/mol. The molecule has 0 radical (unpaired) electrons. The lowest BCUT2D eigenvalue weighted by Crippen LogP contribution is -2.57. The number of benzene rings is 1. The zero-order valence-electron chi connectivity index (χ0n) is 13.2. The van der Waals surface area contributed by atoms with E-state index in [-0.39, 0.29) is 16.4 Å². The van der Waals surface area contributed by atoms with Gasteiger partial charge in [-0.3, -0.25) is 0 Å². The Morgan fingerprint density at radius 2 is 2.30 bits per heavy atom. The molecule has 0 saturated carbocycles. The first kappa shape index (κ1) is 16.8. The van der Waals surface area contributed by atoms with Crippen molar-refractivity contribution in [2.24, 2.45) is 5.41 Å². The van der Waals surface area contributed by atoms with Crippen molar-refractivity contribution in [1.82, 2.24) is 4.31 Å². The summed E-state index contributed by atoms with van der Waals surface area (Å²) in [5, 5.41) is 0. The third-order valence-electron chi connectivity index (χ3n) is 4.82. The van der Waals surface area contributed by atoms with Crippen molar-refractivity contribution in [2.75, 3.05) is 33.4 Å². The first-order valence-corrected chi connectivity index (χ1v) is 9.28. The molecule has 0 amide bonds. The van der Waals surface area contributed by atoms with Gasteiger partial charge in [-0.05, 0) is 37.5 Å². The van der Waals surface area contributed by atoms with Crippen LogP contribution in [0, 0.1) is 11.2 Å². The van der Waals surface area contributed by atoms with Crippen LogP contribution in [0.2, 0.25) is 0 Å². The van der Waals surface area contributed by atoms with Crippen LogP contribution < -0.4 is 0 Å². The molecule has 2 fully saturated rings. The number of ether oxygens (including phenoxy) is 2. The molecule has 0 aliphatic carbocycles. The molecule has 5 nitrogen and oxygen atoms in total. The minimum Gasteiger partial charge on any atom is -0.384 e. The van der Waals surface area contributed by atoms with Crippen molar-refractivity contribution in [3.63, 3.8) is 0 Å². The standard InChI is InChI=1S/C16H22FNO4S/c1-21-12-16-7-3-9-22-15(16)6-8-18(11-16)23(19,20)14-5-2-4-13(17)10-14/h2,4-5,10,15H,3,6-9,11-12H2,1H3/t15-,16-/m0/s1. The number of methoxy groups -OCH3 is 1. The summed E-state index contributed by atoms with van der Waals surface area (Å²) in [4.78, 5) is 0.000227. The molecule has 2 heterocycles. The van der Waals surface area contributed by atoms with Gasteiger partial charge >= 0.3 is 0 Å². The van der Waals surface area contributed by atoms with Gasteiger partial charge in [0.15, 0.2) is 0 Å². The Labute approximate surface area is 136 Å². The predicted molar refractivity (Wildman–Crippen MR) is 83.1 cm³/mol. The Morgan fingerprint density at radius 3 is 3.04 bits per heavy atom. The Kier molecular flexibility index (Phi) is 4.73. The van der Waals surface area contributed by atoms with Crippen molar-refractivity contribution in [1.29, 1.82) is 0 Å². The highest BCUT2D eigenvalue weighted by atomic mass is 32.2. The van der Waals surface area contributed by atoms with Gasteiger partial charge in [-0.15, -0.1) is 0 Å². The Morgan fingerprint density at radius 1 is 1.48 bits per heavy atom. The third-order valence-corrected chi connectivity index (χ3v) is 6.66. The lowest BCUT2D eigenvalue weighted by molar-refractivity contribution is -0.137. The van der Waals surface area contributed by atoms with E-state index in [2.05, 4.69) is 0 Å². The summed E-state index contributed by atoms with van der Waals surface area (Å²) in [5.74, 6) is -0.548. The molecular weight excluding hydrogens is 321 g/mol. The molecule has 1 aromatic carbocycles. The zero-order valence-corrected chi connectivity index (χ0v) is 14.0. The Hall–Kier alpha value is -1.02. The van der Waals surface area contributed by atoms with Crippen LogP contribution >= 0.6 is 0 Å². The fraction of sp³-hybridized carbons (Fsp3) is 0.625. The van der Waals surface area contributed by atoms with E-state index in [0.717, 1.165) is 18.9 Å². The number of sulfonamides is 1. The summed E-state index contributed by atoms with van der Waals surface area (Å²) >= 11 is 0. The molecule has 0 spiro atoms. The topological polar surface area (TPSA) is 55.8 Å². The smallest absolute Gasteiger partial charge is 0.243 e. The van der Waals surface area contributed by atoms with E-state index in [4.69, 9.17) is 9.47 Å². The van der Waals surface area contributed by atoms with Gasteiger partial charge in [-0.2, -0.15) is 4.31 Å². The molecule has 2 aliphatic rings. The average molecular weight is 343 g/mol. The number of fused-ring (bicyclic) bond motifs is 1. The number of halogens is 1. The largest absolute Gasteiger partial charge is 0.384 e. The predicted octanol–water partition coefficient (Wildman–Crippen LogP) is 2.03. The van der Waals surface area contributed by atoms with E-state index in [9.17, 15) is 12.8 Å². The molecule has 3 rings (SSSR count). The van der Waals surface area contributed by atoms with Crippen LogP contribution in [0.4, 0.5) is 4.39 Å². The van der Waals surface area contributed by atoms with Gasteiger partial charge < -0.3 is 9.47 Å². The minimum absolute atomic E-state index is 0.000227. The normalized spacial score (nSPS) is 29.2. The van der Waals surface area contributed by atoms with Crippen LogP contribution in [0.1, 0.15) is 19.3 Å². The van der Waals surface area contributed by atoms with Gasteiger partial charge in [0.25, 0.3) is 0 Å². The maximum atomic E-state index is 13.4. The summed E-state index contributed by atoms with van der Waals surface area (Å²) in [6.45, 7) is 1.92. The number of rotatable bonds is 4. The van der Waals surface area contributed by atoms with Crippen LogP contribution in [0.5, 0.6) is 0 Å². The summed E-state index contributed by atoms with van der Waals surface area (Å²) in [6.07, 6.45) is 2.43. The molecule has 2 aliphatic heterocycles. The highest BCUT2D eigenvalue weighted by molar-refractivity contribution is 7.89. The number of hydrogen-bond acceptors (Lipinski definition) is 4. The molecule has 2 atom stereocenters. The lowest BCUT2D eigenvalue weighted by Gasteiger charge is -2.49. The first-order valence-electron chi connectivity index (χ1n) is 7.84. The third kappa shape index (κ3) is 3.15. The van der Waals surface area contributed by atoms with Gasteiger partial charge in [-0.1, -0.05) is 6.07 Å². The van der Waals surface area contributed by atoms with E-state index in [1.54, 1.807) is 7.11 Å². The van der Waals surface area contributed by atoms with E-state index < -0.39 is 15.8 Å². The maximum absolute atomic E-state index is 13.4. The number of hydrogen-bond donors (Lipinski definition) is 0. The fourth-order valence-corrected chi connectivity index (χ4v) is 5.31. The SMILES string of the molecule is COC[C@@]12CCCO[C@H]1CCN(S(=O)(=O)c1cccc(F)c1)C2. The van der Waals surface area contributed by atoms with Crippen molar-refractivity contribution in [3.05, 3.63) is 30.1 Å². The average Bonchev–Trinajstić information content (AvgIpc) is 2.54. The van der Waals surface area contributed by atoms with E-state index >= 15 is 0 Å². The summed E-state index contributed by atoms with van der Waals surface area (Å²) in [7, 11) is -2.08. The second kappa shape index (κ2) is 6.47. The van der Waals surface area contributed by atoms with Crippen molar-refractivity contribution < 1.29 is 22.3 Å². The minimum atomic E-state index is -3.71.